The minimum atomic E-state index is -0.0744. The van der Waals surface area contributed by atoms with Crippen LogP contribution in [0.5, 0.6) is 0 Å². The van der Waals surface area contributed by atoms with Crippen molar-refractivity contribution >= 4 is 12.1 Å². The van der Waals surface area contributed by atoms with Crippen molar-refractivity contribution in [1.29, 1.82) is 0 Å². The first-order valence-corrected chi connectivity index (χ1v) is 7.55. The lowest BCUT2D eigenvalue weighted by Gasteiger charge is -2.06. The summed E-state index contributed by atoms with van der Waals surface area (Å²) < 4.78 is 0. The Kier molecular flexibility index (Phi) is 8.10. The van der Waals surface area contributed by atoms with E-state index in [0.717, 1.165) is 24.8 Å². The van der Waals surface area contributed by atoms with Crippen molar-refractivity contribution in [2.24, 2.45) is 11.0 Å². The molecule has 3 nitrogen and oxygen atoms in total. The van der Waals surface area contributed by atoms with E-state index in [4.69, 9.17) is 0 Å². The third kappa shape index (κ3) is 8.79. The lowest BCUT2D eigenvalue weighted by Crippen LogP contribution is -2.19. The Bertz CT molecular complexity index is 473. The standard InChI is InChI=1S/C18H26N2O/c1-15(2)8-7-9-16(3)12-13-19-20-18(21)14-17-10-5-4-6-11-17/h4-6,8,10-11,13,16H,7,9,12,14H2,1-3H3,(H,20,21)/b19-13+. The second-order valence-electron chi connectivity index (χ2n) is 5.71. The summed E-state index contributed by atoms with van der Waals surface area (Å²) in [6, 6.07) is 9.68. The largest absolute Gasteiger partial charge is 0.273 e. The quantitative estimate of drug-likeness (QED) is 0.436. The van der Waals surface area contributed by atoms with Gasteiger partial charge in [0.15, 0.2) is 0 Å². The van der Waals surface area contributed by atoms with Crippen molar-refractivity contribution < 1.29 is 4.79 Å². The van der Waals surface area contributed by atoms with Crippen LogP contribution >= 0.6 is 0 Å². The molecule has 1 amide bonds. The zero-order valence-electron chi connectivity index (χ0n) is 13.3. The van der Waals surface area contributed by atoms with Crippen LogP contribution in [-0.4, -0.2) is 12.1 Å². The maximum atomic E-state index is 11.7. The minimum Gasteiger partial charge on any atom is -0.273 e. The van der Waals surface area contributed by atoms with Crippen molar-refractivity contribution in [2.45, 2.75) is 46.5 Å². The van der Waals surface area contributed by atoms with Crippen LogP contribution in [0.1, 0.15) is 45.6 Å². The fraction of sp³-hybridized carbons (Fsp3) is 0.444. The van der Waals surface area contributed by atoms with E-state index in [1.807, 2.05) is 30.3 Å². The summed E-state index contributed by atoms with van der Waals surface area (Å²) in [5, 5.41) is 4.01. The molecule has 0 aliphatic rings. The van der Waals surface area contributed by atoms with Crippen LogP contribution in [0.25, 0.3) is 0 Å². The average molecular weight is 286 g/mol. The first kappa shape index (κ1) is 17.2. The van der Waals surface area contributed by atoms with Gasteiger partial charge >= 0.3 is 0 Å². The fourth-order valence-electron chi connectivity index (χ4n) is 1.95. The Labute approximate surface area is 128 Å². The van der Waals surface area contributed by atoms with E-state index in [-0.39, 0.29) is 5.91 Å². The molecule has 0 fully saturated rings. The number of hydrogen-bond acceptors (Lipinski definition) is 2. The van der Waals surface area contributed by atoms with E-state index in [1.165, 1.54) is 5.57 Å². The summed E-state index contributed by atoms with van der Waals surface area (Å²) in [5.41, 5.74) is 4.94. The SMILES string of the molecule is CC(C)=CCCC(C)C/C=N/NC(=O)Cc1ccccc1. The van der Waals surface area contributed by atoms with Gasteiger partial charge in [-0.25, -0.2) is 5.43 Å². The first-order valence-electron chi connectivity index (χ1n) is 7.55. The number of carbonyl (C=O) groups excluding carboxylic acids is 1. The molecule has 3 heteroatoms. The van der Waals surface area contributed by atoms with E-state index >= 15 is 0 Å². The molecule has 114 valence electrons. The average Bonchev–Trinajstić information content (AvgIpc) is 2.44. The third-order valence-corrected chi connectivity index (χ3v) is 3.21. The first-order chi connectivity index (χ1) is 10.1. The minimum absolute atomic E-state index is 0.0744. The van der Waals surface area contributed by atoms with Gasteiger partial charge in [-0.05, 0) is 44.6 Å². The van der Waals surface area contributed by atoms with Gasteiger partial charge in [0.1, 0.15) is 0 Å². The summed E-state index contributed by atoms with van der Waals surface area (Å²) >= 11 is 0. The second-order valence-corrected chi connectivity index (χ2v) is 5.71. The molecule has 1 rings (SSSR count). The molecule has 0 heterocycles. The van der Waals surface area contributed by atoms with Gasteiger partial charge in [-0.3, -0.25) is 4.79 Å². The van der Waals surface area contributed by atoms with E-state index in [9.17, 15) is 4.79 Å². The summed E-state index contributed by atoms with van der Waals surface area (Å²) in [4.78, 5) is 11.7. The summed E-state index contributed by atoms with van der Waals surface area (Å²) in [5.74, 6) is 0.505. The molecule has 1 aromatic carbocycles. The lowest BCUT2D eigenvalue weighted by molar-refractivity contribution is -0.120. The zero-order valence-corrected chi connectivity index (χ0v) is 13.3. The highest BCUT2D eigenvalue weighted by molar-refractivity contribution is 5.79. The molecule has 0 aromatic heterocycles. The highest BCUT2D eigenvalue weighted by Gasteiger charge is 2.01. The number of allylic oxidation sites excluding steroid dienone is 2. The van der Waals surface area contributed by atoms with E-state index < -0.39 is 0 Å². The number of rotatable bonds is 8. The van der Waals surface area contributed by atoms with Crippen LogP contribution in [0.4, 0.5) is 0 Å². The van der Waals surface area contributed by atoms with Crippen LogP contribution in [0.2, 0.25) is 0 Å². The fourth-order valence-corrected chi connectivity index (χ4v) is 1.95. The highest BCUT2D eigenvalue weighted by Crippen LogP contribution is 2.10. The van der Waals surface area contributed by atoms with Crippen molar-refractivity contribution in [3.63, 3.8) is 0 Å². The van der Waals surface area contributed by atoms with Gasteiger partial charge in [0.05, 0.1) is 6.42 Å². The molecule has 0 bridgehead atoms. The van der Waals surface area contributed by atoms with Crippen molar-refractivity contribution in [1.82, 2.24) is 5.43 Å². The highest BCUT2D eigenvalue weighted by atomic mass is 16.2. The predicted octanol–water partition coefficient (Wildman–Crippen LogP) is 4.10. The molecule has 0 spiro atoms. The lowest BCUT2D eigenvalue weighted by atomic mass is 10.0. The Morgan fingerprint density at radius 2 is 2.00 bits per heavy atom. The molecule has 1 unspecified atom stereocenters. The number of hydrogen-bond donors (Lipinski definition) is 1. The van der Waals surface area contributed by atoms with Crippen molar-refractivity contribution in [2.75, 3.05) is 0 Å². The third-order valence-electron chi connectivity index (χ3n) is 3.21. The molecular weight excluding hydrogens is 260 g/mol. The number of carbonyl (C=O) groups is 1. The van der Waals surface area contributed by atoms with Crippen molar-refractivity contribution in [3.05, 3.63) is 47.5 Å². The Morgan fingerprint density at radius 1 is 1.29 bits per heavy atom. The molecule has 1 aromatic rings. The van der Waals surface area contributed by atoms with Crippen LogP contribution in [0.15, 0.2) is 47.1 Å². The second kappa shape index (κ2) is 9.92. The molecule has 21 heavy (non-hydrogen) atoms. The van der Waals surface area contributed by atoms with Gasteiger partial charge in [-0.1, -0.05) is 48.9 Å². The predicted molar refractivity (Wildman–Crippen MR) is 89.2 cm³/mol. The summed E-state index contributed by atoms with van der Waals surface area (Å²) in [6.07, 6.45) is 7.58. The number of nitrogens with one attached hydrogen (secondary N) is 1. The van der Waals surface area contributed by atoms with Gasteiger partial charge in [-0.15, -0.1) is 0 Å². The number of amides is 1. The monoisotopic (exact) mass is 286 g/mol. The van der Waals surface area contributed by atoms with Gasteiger partial charge in [0, 0.05) is 6.21 Å². The smallest absolute Gasteiger partial charge is 0.244 e. The molecule has 1 atom stereocenters. The summed E-state index contributed by atoms with van der Waals surface area (Å²) in [7, 11) is 0. The van der Waals surface area contributed by atoms with Crippen LogP contribution in [0, 0.1) is 5.92 Å². The van der Waals surface area contributed by atoms with E-state index in [0.29, 0.717) is 12.3 Å². The Morgan fingerprint density at radius 3 is 2.67 bits per heavy atom. The maximum absolute atomic E-state index is 11.7. The Balaban J connectivity index is 2.19. The van der Waals surface area contributed by atoms with Crippen LogP contribution in [-0.2, 0) is 11.2 Å². The topological polar surface area (TPSA) is 41.5 Å². The van der Waals surface area contributed by atoms with Crippen molar-refractivity contribution in [3.8, 4) is 0 Å². The van der Waals surface area contributed by atoms with Gasteiger partial charge in [-0.2, -0.15) is 5.10 Å². The normalized spacial score (nSPS) is 12.1. The number of benzene rings is 1. The summed E-state index contributed by atoms with van der Waals surface area (Å²) in [6.45, 7) is 6.44. The van der Waals surface area contributed by atoms with Crippen LogP contribution < -0.4 is 5.43 Å². The number of hydrazone groups is 1. The zero-order chi connectivity index (χ0) is 15.5. The maximum Gasteiger partial charge on any atom is 0.244 e. The Hall–Kier alpha value is -1.90. The van der Waals surface area contributed by atoms with E-state index in [2.05, 4.69) is 37.4 Å². The molecule has 0 saturated carbocycles. The molecule has 1 N–H and O–H groups in total. The van der Waals surface area contributed by atoms with Crippen LogP contribution in [0.3, 0.4) is 0 Å². The van der Waals surface area contributed by atoms with Gasteiger partial charge in [0.25, 0.3) is 0 Å². The molecule has 0 aliphatic heterocycles. The van der Waals surface area contributed by atoms with Gasteiger partial charge in [0.2, 0.25) is 5.91 Å². The molecule has 0 aliphatic carbocycles. The van der Waals surface area contributed by atoms with Gasteiger partial charge < -0.3 is 0 Å². The van der Waals surface area contributed by atoms with E-state index in [1.54, 1.807) is 6.21 Å². The molecule has 0 radical (unpaired) electrons. The number of nitrogens with zero attached hydrogens (tertiary/aromatic N) is 1. The molecule has 0 saturated heterocycles. The molecular formula is C18H26N2O.